The van der Waals surface area contributed by atoms with Crippen LogP contribution in [0.5, 0.6) is 0 Å². The highest BCUT2D eigenvalue weighted by Gasteiger charge is 2.15. The molecule has 0 bridgehead atoms. The van der Waals surface area contributed by atoms with Crippen LogP contribution in [0.1, 0.15) is 12.6 Å². The van der Waals surface area contributed by atoms with E-state index < -0.39 is 5.97 Å². The fourth-order valence-corrected chi connectivity index (χ4v) is 2.13. The van der Waals surface area contributed by atoms with Gasteiger partial charge >= 0.3 is 5.97 Å². The lowest BCUT2D eigenvalue weighted by atomic mass is 10.3. The lowest BCUT2D eigenvalue weighted by Crippen LogP contribution is -2.04. The summed E-state index contributed by atoms with van der Waals surface area (Å²) >= 11 is 6.54. The molecule has 2 aromatic rings. The largest absolute Gasteiger partial charge is 0.462 e. The number of carbonyl (C=O) groups is 1. The Morgan fingerprint density at radius 1 is 1.26 bits per heavy atom. The summed E-state index contributed by atoms with van der Waals surface area (Å²) < 4.78 is 5.72. The van der Waals surface area contributed by atoms with Gasteiger partial charge < -0.3 is 4.74 Å². The topological polar surface area (TPSA) is 52.1 Å². The van der Waals surface area contributed by atoms with Gasteiger partial charge in [0.2, 0.25) is 0 Å². The van der Waals surface area contributed by atoms with Gasteiger partial charge in [-0.25, -0.2) is 9.78 Å². The van der Waals surface area contributed by atoms with E-state index in [-0.39, 0.29) is 0 Å². The first-order valence-electron chi connectivity index (χ1n) is 5.58. The predicted molar refractivity (Wildman–Crippen MR) is 80.9 cm³/mol. The standard InChI is InChI=1S/C13H10Br2N2O2/c1-2-19-13(18)12(15)11(14)10-7-16-8-5-3-4-6-9(8)17-10/h3-7H,2H2,1H3/b12-11+. The number of hydrogen-bond acceptors (Lipinski definition) is 4. The molecule has 1 heterocycles. The van der Waals surface area contributed by atoms with Crippen LogP contribution in [0, 0.1) is 0 Å². The molecule has 4 nitrogen and oxygen atoms in total. The molecule has 0 fully saturated rings. The highest BCUT2D eigenvalue weighted by Crippen LogP contribution is 2.28. The van der Waals surface area contributed by atoms with E-state index in [2.05, 4.69) is 41.8 Å². The van der Waals surface area contributed by atoms with Gasteiger partial charge in [-0.3, -0.25) is 4.98 Å². The van der Waals surface area contributed by atoms with E-state index in [1.54, 1.807) is 13.1 Å². The molecule has 0 saturated heterocycles. The number of fused-ring (bicyclic) bond motifs is 1. The number of esters is 1. The van der Waals surface area contributed by atoms with Crippen LogP contribution in [0.3, 0.4) is 0 Å². The summed E-state index contributed by atoms with van der Waals surface area (Å²) in [6.07, 6.45) is 1.60. The second-order valence-electron chi connectivity index (χ2n) is 3.59. The molecule has 0 N–H and O–H groups in total. The van der Waals surface area contributed by atoms with Gasteiger partial charge in [0.25, 0.3) is 0 Å². The van der Waals surface area contributed by atoms with E-state index in [4.69, 9.17) is 4.74 Å². The monoisotopic (exact) mass is 384 g/mol. The maximum atomic E-state index is 11.6. The lowest BCUT2D eigenvalue weighted by molar-refractivity contribution is -0.137. The van der Waals surface area contributed by atoms with Crippen molar-refractivity contribution in [3.8, 4) is 0 Å². The van der Waals surface area contributed by atoms with Crippen molar-refractivity contribution in [2.45, 2.75) is 6.92 Å². The molecule has 0 aliphatic heterocycles. The highest BCUT2D eigenvalue weighted by molar-refractivity contribution is 9.16. The molecule has 0 spiro atoms. The van der Waals surface area contributed by atoms with Gasteiger partial charge in [-0.05, 0) is 50.9 Å². The Kier molecular flexibility index (Phi) is 4.66. The van der Waals surface area contributed by atoms with Gasteiger partial charge in [0.05, 0.1) is 34.0 Å². The smallest absolute Gasteiger partial charge is 0.346 e. The van der Waals surface area contributed by atoms with E-state index >= 15 is 0 Å². The van der Waals surface area contributed by atoms with Crippen LogP contribution in [0.15, 0.2) is 34.9 Å². The van der Waals surface area contributed by atoms with E-state index in [1.165, 1.54) is 0 Å². The molecular weight excluding hydrogens is 376 g/mol. The minimum atomic E-state index is -0.440. The molecule has 0 amide bonds. The Morgan fingerprint density at radius 3 is 2.63 bits per heavy atom. The number of aromatic nitrogens is 2. The summed E-state index contributed by atoms with van der Waals surface area (Å²) in [6.45, 7) is 2.07. The summed E-state index contributed by atoms with van der Waals surface area (Å²) in [5, 5.41) is 0. The van der Waals surface area contributed by atoms with Crippen molar-refractivity contribution in [1.29, 1.82) is 0 Å². The third-order valence-electron chi connectivity index (χ3n) is 2.32. The molecule has 0 atom stereocenters. The van der Waals surface area contributed by atoms with Gasteiger partial charge in [-0.1, -0.05) is 12.1 Å². The van der Waals surface area contributed by atoms with Crippen LogP contribution in [0.4, 0.5) is 0 Å². The van der Waals surface area contributed by atoms with Gasteiger partial charge in [0, 0.05) is 0 Å². The maximum Gasteiger partial charge on any atom is 0.346 e. The molecule has 0 aliphatic carbocycles. The minimum absolute atomic E-state index is 0.291. The zero-order chi connectivity index (χ0) is 13.8. The normalized spacial score (nSPS) is 12.2. The Balaban J connectivity index is 2.43. The first kappa shape index (κ1) is 14.1. The molecule has 1 aromatic carbocycles. The first-order valence-corrected chi connectivity index (χ1v) is 7.16. The molecule has 1 aromatic heterocycles. The molecular formula is C13H10Br2N2O2. The Labute approximate surface area is 127 Å². The van der Waals surface area contributed by atoms with E-state index in [9.17, 15) is 4.79 Å². The van der Waals surface area contributed by atoms with Crippen molar-refractivity contribution >= 4 is 53.3 Å². The quantitative estimate of drug-likeness (QED) is 0.597. The molecule has 6 heteroatoms. The minimum Gasteiger partial charge on any atom is -0.462 e. The van der Waals surface area contributed by atoms with Crippen molar-refractivity contribution in [3.63, 3.8) is 0 Å². The van der Waals surface area contributed by atoms with Gasteiger partial charge in [0.15, 0.2) is 0 Å². The van der Waals surface area contributed by atoms with Crippen molar-refractivity contribution in [1.82, 2.24) is 9.97 Å². The zero-order valence-corrected chi connectivity index (χ0v) is 13.2. The number of hydrogen-bond donors (Lipinski definition) is 0. The van der Waals surface area contributed by atoms with Crippen LogP contribution in [0.25, 0.3) is 15.5 Å². The number of rotatable bonds is 3. The van der Waals surface area contributed by atoms with Gasteiger partial charge in [0.1, 0.15) is 4.48 Å². The number of para-hydroxylation sites is 2. The Bertz CT molecular complexity index is 656. The fraction of sp³-hybridized carbons (Fsp3) is 0.154. The van der Waals surface area contributed by atoms with Crippen molar-refractivity contribution < 1.29 is 9.53 Å². The average Bonchev–Trinajstić information content (AvgIpc) is 2.45. The summed E-state index contributed by atoms with van der Waals surface area (Å²) in [5.41, 5.74) is 2.14. The SMILES string of the molecule is CCOC(=O)/C(Br)=C(\Br)c1cnc2ccccc2n1. The Morgan fingerprint density at radius 2 is 1.95 bits per heavy atom. The van der Waals surface area contributed by atoms with E-state index in [0.717, 1.165) is 11.0 Å². The number of carbonyl (C=O) groups excluding carboxylic acids is 1. The third kappa shape index (κ3) is 3.19. The van der Waals surface area contributed by atoms with Crippen molar-refractivity contribution in [3.05, 3.63) is 40.6 Å². The molecule has 0 radical (unpaired) electrons. The summed E-state index contributed by atoms with van der Waals surface area (Å²) in [7, 11) is 0. The van der Waals surface area contributed by atoms with Gasteiger partial charge in [-0.15, -0.1) is 0 Å². The maximum absolute atomic E-state index is 11.6. The van der Waals surface area contributed by atoms with E-state index in [0.29, 0.717) is 21.3 Å². The van der Waals surface area contributed by atoms with Crippen LogP contribution in [-0.4, -0.2) is 22.5 Å². The van der Waals surface area contributed by atoms with Gasteiger partial charge in [-0.2, -0.15) is 0 Å². The first-order chi connectivity index (χ1) is 9.13. The number of halogens is 2. The number of benzene rings is 1. The molecule has 19 heavy (non-hydrogen) atoms. The van der Waals surface area contributed by atoms with Crippen LogP contribution >= 0.6 is 31.9 Å². The zero-order valence-electron chi connectivity index (χ0n) is 10.1. The van der Waals surface area contributed by atoms with Crippen LogP contribution in [0.2, 0.25) is 0 Å². The highest BCUT2D eigenvalue weighted by atomic mass is 79.9. The molecule has 2 rings (SSSR count). The molecule has 0 aliphatic rings. The summed E-state index contributed by atoms with van der Waals surface area (Å²) in [6, 6.07) is 7.53. The molecule has 0 saturated carbocycles. The second-order valence-corrected chi connectivity index (χ2v) is 5.18. The molecule has 98 valence electrons. The summed E-state index contributed by atoms with van der Waals surface area (Å²) in [4.78, 5) is 20.3. The van der Waals surface area contributed by atoms with Crippen LogP contribution < -0.4 is 0 Å². The van der Waals surface area contributed by atoms with E-state index in [1.807, 2.05) is 24.3 Å². The fourth-order valence-electron chi connectivity index (χ4n) is 1.46. The summed E-state index contributed by atoms with van der Waals surface area (Å²) in [5.74, 6) is -0.440. The lowest BCUT2D eigenvalue weighted by Gasteiger charge is -2.05. The third-order valence-corrected chi connectivity index (χ3v) is 4.38. The second kappa shape index (κ2) is 6.25. The van der Waals surface area contributed by atoms with Crippen molar-refractivity contribution in [2.75, 3.05) is 6.61 Å². The Hall–Kier alpha value is -1.27. The number of nitrogens with zero attached hydrogens (tertiary/aromatic N) is 2. The average molecular weight is 386 g/mol. The molecule has 0 unspecified atom stereocenters. The van der Waals surface area contributed by atoms with Crippen LogP contribution in [-0.2, 0) is 9.53 Å². The predicted octanol–water partition coefficient (Wildman–Crippen LogP) is 3.65. The van der Waals surface area contributed by atoms with Crippen molar-refractivity contribution in [2.24, 2.45) is 0 Å². The number of ether oxygens (including phenoxy) is 1.